The van der Waals surface area contributed by atoms with E-state index < -0.39 is 0 Å². The molecule has 162 valence electrons. The fraction of sp³-hybridized carbons (Fsp3) is 0.417. The number of carbonyl (C=O) groups is 2. The summed E-state index contributed by atoms with van der Waals surface area (Å²) in [5.74, 6) is 0.332. The highest BCUT2D eigenvalue weighted by atomic mass is 16.5. The summed E-state index contributed by atoms with van der Waals surface area (Å²) >= 11 is 0. The van der Waals surface area contributed by atoms with Gasteiger partial charge in [0.15, 0.2) is 6.61 Å². The van der Waals surface area contributed by atoms with E-state index in [2.05, 4.69) is 37.5 Å². The molecule has 0 aliphatic carbocycles. The number of nitrogens with zero attached hydrogens (tertiary/aromatic N) is 1. The summed E-state index contributed by atoms with van der Waals surface area (Å²) < 4.78 is 5.76. The molecule has 2 amide bonds. The molecule has 30 heavy (non-hydrogen) atoms. The molecule has 6 nitrogen and oxygen atoms in total. The van der Waals surface area contributed by atoms with E-state index in [1.807, 2.05) is 50.2 Å². The number of hydrogen-bond donors (Lipinski definition) is 2. The summed E-state index contributed by atoms with van der Waals surface area (Å²) in [6.45, 7) is 9.01. The SMILES string of the molecule is Cc1ccc(OCC(=O)NCCNC(=O)c2ccc(N(C)C)cc2)c(C(C)(C)C)c1. The monoisotopic (exact) mass is 411 g/mol. The molecule has 0 aromatic heterocycles. The van der Waals surface area contributed by atoms with Crippen LogP contribution in [0.15, 0.2) is 42.5 Å². The molecule has 0 fully saturated rings. The molecule has 0 unspecified atom stereocenters. The third-order valence-corrected chi connectivity index (χ3v) is 4.68. The van der Waals surface area contributed by atoms with Crippen molar-refractivity contribution < 1.29 is 14.3 Å². The minimum absolute atomic E-state index is 0.0634. The first kappa shape index (κ1) is 23.3. The molecule has 6 heteroatoms. The molecule has 0 aliphatic heterocycles. The third-order valence-electron chi connectivity index (χ3n) is 4.68. The smallest absolute Gasteiger partial charge is 0.258 e. The van der Waals surface area contributed by atoms with E-state index in [-0.39, 0.29) is 23.8 Å². The molecule has 0 saturated carbocycles. The molecule has 2 rings (SSSR count). The van der Waals surface area contributed by atoms with Gasteiger partial charge in [0.1, 0.15) is 5.75 Å². The number of amides is 2. The fourth-order valence-electron chi connectivity index (χ4n) is 2.94. The van der Waals surface area contributed by atoms with Crippen LogP contribution in [0.25, 0.3) is 0 Å². The molecule has 0 aliphatic rings. The maximum atomic E-state index is 12.2. The van der Waals surface area contributed by atoms with Crippen LogP contribution in [0, 0.1) is 6.92 Å². The fourth-order valence-corrected chi connectivity index (χ4v) is 2.94. The van der Waals surface area contributed by atoms with Crippen LogP contribution in [0.1, 0.15) is 42.3 Å². The highest BCUT2D eigenvalue weighted by Crippen LogP contribution is 2.32. The van der Waals surface area contributed by atoms with E-state index >= 15 is 0 Å². The Kier molecular flexibility index (Phi) is 7.86. The predicted molar refractivity (Wildman–Crippen MR) is 121 cm³/mol. The minimum Gasteiger partial charge on any atom is -0.483 e. The first-order valence-corrected chi connectivity index (χ1v) is 10.1. The number of benzene rings is 2. The summed E-state index contributed by atoms with van der Waals surface area (Å²) in [5.41, 5.74) is 3.77. The summed E-state index contributed by atoms with van der Waals surface area (Å²) in [4.78, 5) is 26.3. The van der Waals surface area contributed by atoms with Gasteiger partial charge in [-0.05, 0) is 48.2 Å². The quantitative estimate of drug-likeness (QED) is 0.654. The van der Waals surface area contributed by atoms with E-state index in [9.17, 15) is 9.59 Å². The largest absolute Gasteiger partial charge is 0.483 e. The first-order chi connectivity index (χ1) is 14.1. The molecule has 0 saturated heterocycles. The van der Waals surface area contributed by atoms with Crippen molar-refractivity contribution in [1.82, 2.24) is 10.6 Å². The number of nitrogens with one attached hydrogen (secondary N) is 2. The lowest BCUT2D eigenvalue weighted by Gasteiger charge is -2.23. The Labute approximate surface area is 179 Å². The average Bonchev–Trinajstić information content (AvgIpc) is 2.69. The van der Waals surface area contributed by atoms with Crippen molar-refractivity contribution in [3.63, 3.8) is 0 Å². The Hall–Kier alpha value is -3.02. The van der Waals surface area contributed by atoms with Gasteiger partial charge in [0.05, 0.1) is 0 Å². The first-order valence-electron chi connectivity index (χ1n) is 10.1. The molecular formula is C24H33N3O3. The second kappa shape index (κ2) is 10.1. The minimum atomic E-state index is -0.222. The van der Waals surface area contributed by atoms with Crippen LogP contribution in [0.3, 0.4) is 0 Å². The van der Waals surface area contributed by atoms with Gasteiger partial charge in [0, 0.05) is 38.4 Å². The molecule has 0 heterocycles. The number of ether oxygens (including phenoxy) is 1. The molecule has 0 bridgehead atoms. The van der Waals surface area contributed by atoms with Gasteiger partial charge in [0.25, 0.3) is 11.8 Å². The Morgan fingerprint density at radius 2 is 1.60 bits per heavy atom. The van der Waals surface area contributed by atoms with Crippen molar-refractivity contribution in [2.24, 2.45) is 0 Å². The Morgan fingerprint density at radius 1 is 0.967 bits per heavy atom. The average molecular weight is 412 g/mol. The zero-order chi connectivity index (χ0) is 22.3. The number of rotatable bonds is 8. The third kappa shape index (κ3) is 6.79. The number of hydrogen-bond acceptors (Lipinski definition) is 4. The van der Waals surface area contributed by atoms with E-state index in [0.717, 1.165) is 22.6 Å². The Bertz CT molecular complexity index is 868. The lowest BCUT2D eigenvalue weighted by atomic mass is 9.85. The molecular weight excluding hydrogens is 378 g/mol. The van der Waals surface area contributed by atoms with E-state index in [4.69, 9.17) is 4.74 Å². The maximum Gasteiger partial charge on any atom is 0.258 e. The molecule has 0 spiro atoms. The normalized spacial score (nSPS) is 11.0. The standard InChI is InChI=1S/C24H33N3O3/c1-17-7-12-21(20(15-17)24(2,3)4)30-16-22(28)25-13-14-26-23(29)18-8-10-19(11-9-18)27(5)6/h7-12,15H,13-14,16H2,1-6H3,(H,25,28)(H,26,29). The van der Waals surface area contributed by atoms with Gasteiger partial charge < -0.3 is 20.3 Å². The van der Waals surface area contributed by atoms with Gasteiger partial charge >= 0.3 is 0 Å². The van der Waals surface area contributed by atoms with Crippen molar-refractivity contribution in [1.29, 1.82) is 0 Å². The summed E-state index contributed by atoms with van der Waals surface area (Å²) in [6, 6.07) is 13.3. The van der Waals surface area contributed by atoms with Gasteiger partial charge in [-0.2, -0.15) is 0 Å². The predicted octanol–water partition coefficient (Wildman–Crippen LogP) is 3.28. The van der Waals surface area contributed by atoms with Crippen molar-refractivity contribution >= 4 is 17.5 Å². The van der Waals surface area contributed by atoms with Crippen molar-refractivity contribution in [3.8, 4) is 5.75 Å². The molecule has 0 radical (unpaired) electrons. The van der Waals surface area contributed by atoms with E-state index in [0.29, 0.717) is 18.7 Å². The van der Waals surface area contributed by atoms with Crippen LogP contribution < -0.4 is 20.3 Å². The second-order valence-corrected chi connectivity index (χ2v) is 8.59. The van der Waals surface area contributed by atoms with Gasteiger partial charge in [-0.1, -0.05) is 38.5 Å². The zero-order valence-corrected chi connectivity index (χ0v) is 18.8. The Balaban J connectivity index is 1.76. The second-order valence-electron chi connectivity index (χ2n) is 8.59. The van der Waals surface area contributed by atoms with Gasteiger partial charge in [0.2, 0.25) is 0 Å². The van der Waals surface area contributed by atoms with Crippen molar-refractivity contribution in [2.45, 2.75) is 33.1 Å². The van der Waals surface area contributed by atoms with E-state index in [1.54, 1.807) is 12.1 Å². The summed E-state index contributed by atoms with van der Waals surface area (Å²) in [6.07, 6.45) is 0. The summed E-state index contributed by atoms with van der Waals surface area (Å²) in [5, 5.41) is 5.57. The number of aryl methyl sites for hydroxylation is 1. The van der Waals surface area contributed by atoms with E-state index in [1.165, 1.54) is 0 Å². The molecule has 2 aromatic rings. The highest BCUT2D eigenvalue weighted by Gasteiger charge is 2.19. The van der Waals surface area contributed by atoms with Crippen LogP contribution in [0.4, 0.5) is 5.69 Å². The lowest BCUT2D eigenvalue weighted by Crippen LogP contribution is -2.36. The number of anilines is 1. The van der Waals surface area contributed by atoms with Gasteiger partial charge in [-0.15, -0.1) is 0 Å². The van der Waals surface area contributed by atoms with Gasteiger partial charge in [-0.25, -0.2) is 0 Å². The zero-order valence-electron chi connectivity index (χ0n) is 18.8. The van der Waals surface area contributed by atoms with Crippen LogP contribution in [-0.2, 0) is 10.2 Å². The topological polar surface area (TPSA) is 70.7 Å². The van der Waals surface area contributed by atoms with Crippen molar-refractivity contribution in [2.75, 3.05) is 38.7 Å². The molecule has 2 N–H and O–H groups in total. The lowest BCUT2D eigenvalue weighted by molar-refractivity contribution is -0.123. The van der Waals surface area contributed by atoms with Gasteiger partial charge in [-0.3, -0.25) is 9.59 Å². The summed E-state index contributed by atoms with van der Waals surface area (Å²) in [7, 11) is 3.90. The highest BCUT2D eigenvalue weighted by molar-refractivity contribution is 5.94. The molecule has 2 aromatic carbocycles. The Morgan fingerprint density at radius 3 is 2.20 bits per heavy atom. The van der Waals surface area contributed by atoms with Crippen LogP contribution >= 0.6 is 0 Å². The number of carbonyl (C=O) groups excluding carboxylic acids is 2. The van der Waals surface area contributed by atoms with Crippen molar-refractivity contribution in [3.05, 3.63) is 59.2 Å². The van der Waals surface area contributed by atoms with Crippen LogP contribution in [0.2, 0.25) is 0 Å². The molecule has 0 atom stereocenters. The maximum absolute atomic E-state index is 12.2. The van der Waals surface area contributed by atoms with Crippen LogP contribution in [-0.4, -0.2) is 45.6 Å². The van der Waals surface area contributed by atoms with Crippen LogP contribution in [0.5, 0.6) is 5.75 Å².